The summed E-state index contributed by atoms with van der Waals surface area (Å²) in [5, 5.41) is 1.54. The summed E-state index contributed by atoms with van der Waals surface area (Å²) < 4.78 is 0. The predicted octanol–water partition coefficient (Wildman–Crippen LogP) is 2.40. The van der Waals surface area contributed by atoms with Crippen LogP contribution in [0.15, 0.2) is 24.3 Å². The van der Waals surface area contributed by atoms with Crippen LogP contribution in [-0.4, -0.2) is 32.1 Å². The van der Waals surface area contributed by atoms with Crippen LogP contribution in [0.4, 0.5) is 0 Å². The minimum absolute atomic E-state index is 0.352. The normalized spacial score (nSPS) is 25.5. The molecule has 0 aromatic heterocycles. The molecule has 19 heavy (non-hydrogen) atoms. The second-order valence-electron chi connectivity index (χ2n) is 7.24. The summed E-state index contributed by atoms with van der Waals surface area (Å²) in [6.45, 7) is 12.8. The van der Waals surface area contributed by atoms with Gasteiger partial charge in [-0.2, -0.15) is 0 Å². The van der Waals surface area contributed by atoms with Gasteiger partial charge in [-0.05, 0) is 17.9 Å². The van der Waals surface area contributed by atoms with Crippen molar-refractivity contribution in [3.8, 4) is 0 Å². The fraction of sp³-hybridized carbons (Fsp3) is 0.625. The molecular weight excluding hydrogens is 248 g/mol. The Hall–Kier alpha value is -0.643. The highest BCUT2D eigenvalue weighted by atomic mass is 28.3. The average molecular weight is 277 g/mol. The summed E-state index contributed by atoms with van der Waals surface area (Å²) in [5.74, 6) is 0.727. The monoisotopic (exact) mass is 276 g/mol. The van der Waals surface area contributed by atoms with Crippen LogP contribution in [0.5, 0.6) is 0 Å². The first-order valence-electron chi connectivity index (χ1n) is 7.42. The van der Waals surface area contributed by atoms with Crippen molar-refractivity contribution in [2.24, 2.45) is 11.7 Å². The van der Waals surface area contributed by atoms with E-state index >= 15 is 0 Å². The number of nitrogens with two attached hydrogens (primary N) is 1. The Labute approximate surface area is 119 Å². The van der Waals surface area contributed by atoms with E-state index in [-0.39, 0.29) is 0 Å². The summed E-state index contributed by atoms with van der Waals surface area (Å²) >= 11 is 0. The summed E-state index contributed by atoms with van der Waals surface area (Å²) in [7, 11) is -1.16. The SMILES string of the molecule is CC1CC(N)CN(Cc2ccc([Si](C)(C)C)cc2)C1. The van der Waals surface area contributed by atoms with Gasteiger partial charge in [0.05, 0.1) is 8.07 Å². The van der Waals surface area contributed by atoms with Gasteiger partial charge in [0.25, 0.3) is 0 Å². The van der Waals surface area contributed by atoms with Crippen LogP contribution in [0.1, 0.15) is 18.9 Å². The molecule has 1 fully saturated rings. The Bertz CT molecular complexity index is 398. The molecule has 0 amide bonds. The maximum atomic E-state index is 6.11. The van der Waals surface area contributed by atoms with E-state index in [0.29, 0.717) is 6.04 Å². The second-order valence-corrected chi connectivity index (χ2v) is 12.3. The third-order valence-electron chi connectivity index (χ3n) is 3.99. The molecule has 1 saturated heterocycles. The van der Waals surface area contributed by atoms with Crippen LogP contribution in [0.3, 0.4) is 0 Å². The van der Waals surface area contributed by atoms with E-state index in [0.717, 1.165) is 19.0 Å². The lowest BCUT2D eigenvalue weighted by atomic mass is 9.96. The van der Waals surface area contributed by atoms with Gasteiger partial charge in [-0.15, -0.1) is 0 Å². The Morgan fingerprint density at radius 1 is 1.16 bits per heavy atom. The maximum absolute atomic E-state index is 6.11. The standard InChI is InChI=1S/C16H28N2Si/c1-13-9-15(17)12-18(10-13)11-14-5-7-16(8-6-14)19(2,3)4/h5-8,13,15H,9-12,17H2,1-4H3. The number of hydrogen-bond donors (Lipinski definition) is 1. The first-order chi connectivity index (χ1) is 8.84. The zero-order valence-corrected chi connectivity index (χ0v) is 13.8. The molecular formula is C16H28N2Si. The molecule has 3 heteroatoms. The van der Waals surface area contributed by atoms with Crippen molar-refractivity contribution in [2.75, 3.05) is 13.1 Å². The van der Waals surface area contributed by atoms with E-state index in [1.54, 1.807) is 5.19 Å². The molecule has 0 saturated carbocycles. The van der Waals surface area contributed by atoms with Crippen molar-refractivity contribution in [2.45, 2.75) is 45.6 Å². The fourth-order valence-electron chi connectivity index (χ4n) is 3.01. The van der Waals surface area contributed by atoms with Gasteiger partial charge in [0.15, 0.2) is 0 Å². The molecule has 1 heterocycles. The van der Waals surface area contributed by atoms with Crippen LogP contribution >= 0.6 is 0 Å². The Balaban J connectivity index is 1.99. The molecule has 1 aliphatic rings. The van der Waals surface area contributed by atoms with Gasteiger partial charge in [-0.1, -0.05) is 56.0 Å². The Morgan fingerprint density at radius 3 is 2.32 bits per heavy atom. The molecule has 2 N–H and O–H groups in total. The zero-order valence-electron chi connectivity index (χ0n) is 12.8. The van der Waals surface area contributed by atoms with Gasteiger partial charge >= 0.3 is 0 Å². The number of nitrogens with zero attached hydrogens (tertiary/aromatic N) is 1. The topological polar surface area (TPSA) is 29.3 Å². The summed E-state index contributed by atoms with van der Waals surface area (Å²) in [4.78, 5) is 2.50. The molecule has 106 valence electrons. The van der Waals surface area contributed by atoms with Gasteiger partial charge in [0.2, 0.25) is 0 Å². The predicted molar refractivity (Wildman–Crippen MR) is 86.5 cm³/mol. The number of benzene rings is 1. The molecule has 2 rings (SSSR count). The van der Waals surface area contributed by atoms with E-state index in [9.17, 15) is 0 Å². The van der Waals surface area contributed by atoms with E-state index in [2.05, 4.69) is 55.7 Å². The highest BCUT2D eigenvalue weighted by Crippen LogP contribution is 2.17. The number of hydrogen-bond acceptors (Lipinski definition) is 2. The van der Waals surface area contributed by atoms with E-state index in [1.807, 2.05) is 0 Å². The minimum atomic E-state index is -1.16. The van der Waals surface area contributed by atoms with Gasteiger partial charge < -0.3 is 5.73 Å². The van der Waals surface area contributed by atoms with Crippen molar-refractivity contribution in [3.05, 3.63) is 29.8 Å². The highest BCUT2D eigenvalue weighted by Gasteiger charge is 2.22. The molecule has 1 aromatic carbocycles. The second kappa shape index (κ2) is 5.78. The third-order valence-corrected chi connectivity index (χ3v) is 6.06. The Morgan fingerprint density at radius 2 is 1.79 bits per heavy atom. The fourth-order valence-corrected chi connectivity index (χ4v) is 4.18. The van der Waals surface area contributed by atoms with E-state index in [4.69, 9.17) is 5.73 Å². The highest BCUT2D eigenvalue weighted by molar-refractivity contribution is 6.88. The number of piperidine rings is 1. The molecule has 1 aromatic rings. The summed E-state index contributed by atoms with van der Waals surface area (Å²) in [6.07, 6.45) is 1.17. The molecule has 2 atom stereocenters. The Kier molecular flexibility index (Phi) is 4.49. The average Bonchev–Trinajstić information content (AvgIpc) is 2.26. The lowest BCUT2D eigenvalue weighted by Crippen LogP contribution is -2.45. The molecule has 0 spiro atoms. The quantitative estimate of drug-likeness (QED) is 0.859. The third kappa shape index (κ3) is 4.16. The number of likely N-dealkylation sites (tertiary alicyclic amines) is 1. The molecule has 2 nitrogen and oxygen atoms in total. The first kappa shape index (κ1) is 14.8. The lowest BCUT2D eigenvalue weighted by molar-refractivity contribution is 0.158. The summed E-state index contributed by atoms with van der Waals surface area (Å²) in [5.41, 5.74) is 7.53. The largest absolute Gasteiger partial charge is 0.327 e. The van der Waals surface area contributed by atoms with Crippen LogP contribution in [0.2, 0.25) is 19.6 Å². The molecule has 2 unspecified atom stereocenters. The van der Waals surface area contributed by atoms with Crippen molar-refractivity contribution in [3.63, 3.8) is 0 Å². The smallest absolute Gasteiger partial charge is 0.0775 e. The van der Waals surface area contributed by atoms with Crippen LogP contribution in [-0.2, 0) is 6.54 Å². The zero-order chi connectivity index (χ0) is 14.0. The van der Waals surface area contributed by atoms with Crippen molar-refractivity contribution >= 4 is 13.3 Å². The maximum Gasteiger partial charge on any atom is 0.0775 e. The minimum Gasteiger partial charge on any atom is -0.327 e. The van der Waals surface area contributed by atoms with Crippen LogP contribution in [0.25, 0.3) is 0 Å². The van der Waals surface area contributed by atoms with Crippen molar-refractivity contribution < 1.29 is 0 Å². The number of rotatable bonds is 3. The van der Waals surface area contributed by atoms with Crippen molar-refractivity contribution in [1.82, 2.24) is 4.90 Å². The van der Waals surface area contributed by atoms with Crippen LogP contribution < -0.4 is 10.9 Å². The van der Waals surface area contributed by atoms with Gasteiger partial charge in [0, 0.05) is 25.7 Å². The molecule has 1 aliphatic heterocycles. The van der Waals surface area contributed by atoms with Crippen LogP contribution in [0, 0.1) is 5.92 Å². The van der Waals surface area contributed by atoms with Gasteiger partial charge in [-0.3, -0.25) is 4.90 Å². The summed E-state index contributed by atoms with van der Waals surface area (Å²) in [6, 6.07) is 9.62. The molecule has 0 aliphatic carbocycles. The van der Waals surface area contributed by atoms with Gasteiger partial charge in [0.1, 0.15) is 0 Å². The lowest BCUT2D eigenvalue weighted by Gasteiger charge is -2.34. The van der Waals surface area contributed by atoms with Crippen molar-refractivity contribution in [1.29, 1.82) is 0 Å². The van der Waals surface area contributed by atoms with E-state index in [1.165, 1.54) is 18.5 Å². The van der Waals surface area contributed by atoms with Gasteiger partial charge in [-0.25, -0.2) is 0 Å². The molecule has 0 bridgehead atoms. The van der Waals surface area contributed by atoms with E-state index < -0.39 is 8.07 Å². The first-order valence-corrected chi connectivity index (χ1v) is 10.9. The molecule has 0 radical (unpaired) electrons.